The Hall–Kier alpha value is -1.45. The molecule has 4 heteroatoms. The predicted octanol–water partition coefficient (Wildman–Crippen LogP) is 0.531. The first kappa shape index (κ1) is 9.64. The molecule has 0 spiro atoms. The van der Waals surface area contributed by atoms with E-state index in [-0.39, 0.29) is 5.91 Å². The van der Waals surface area contributed by atoms with Gasteiger partial charge in [-0.1, -0.05) is 13.8 Å². The summed E-state index contributed by atoms with van der Waals surface area (Å²) < 4.78 is 0. The van der Waals surface area contributed by atoms with Crippen LogP contribution in [0, 0.1) is 5.41 Å². The van der Waals surface area contributed by atoms with Crippen LogP contribution in [-0.2, 0) is 11.2 Å². The van der Waals surface area contributed by atoms with Crippen molar-refractivity contribution < 1.29 is 4.79 Å². The minimum absolute atomic E-state index is 0.321. The number of nitrogens with zero attached hydrogens (tertiary/aromatic N) is 2. The van der Waals surface area contributed by atoms with Gasteiger partial charge >= 0.3 is 0 Å². The Labute approximate surface area is 77.2 Å². The summed E-state index contributed by atoms with van der Waals surface area (Å²) in [5.41, 5.74) is 5.46. The molecular formula is C9H13N3O. The third-order valence-electron chi connectivity index (χ3n) is 1.91. The molecule has 0 aliphatic rings. The lowest BCUT2D eigenvalue weighted by Crippen LogP contribution is -2.33. The molecule has 13 heavy (non-hydrogen) atoms. The van der Waals surface area contributed by atoms with Crippen molar-refractivity contribution in [2.75, 3.05) is 0 Å². The van der Waals surface area contributed by atoms with Gasteiger partial charge in [-0.05, 0) is 0 Å². The summed E-state index contributed by atoms with van der Waals surface area (Å²) in [4.78, 5) is 19.0. The second-order valence-corrected chi connectivity index (χ2v) is 3.62. The van der Waals surface area contributed by atoms with Crippen molar-refractivity contribution in [3.63, 3.8) is 0 Å². The molecule has 0 aromatic carbocycles. The summed E-state index contributed by atoms with van der Waals surface area (Å²) in [7, 11) is 0. The fourth-order valence-electron chi connectivity index (χ4n) is 0.961. The number of primary amides is 1. The van der Waals surface area contributed by atoms with Crippen LogP contribution in [0.1, 0.15) is 19.5 Å². The number of amides is 1. The summed E-state index contributed by atoms with van der Waals surface area (Å²) in [6.45, 7) is 3.59. The second-order valence-electron chi connectivity index (χ2n) is 3.62. The van der Waals surface area contributed by atoms with Crippen LogP contribution in [0.3, 0.4) is 0 Å². The number of hydrogen-bond donors (Lipinski definition) is 1. The molecule has 0 bridgehead atoms. The standard InChI is InChI=1S/C9H13N3O/c1-9(2,8(10)13)5-7-6-11-3-4-12-7/h3-4,6H,5H2,1-2H3,(H2,10,13). The van der Waals surface area contributed by atoms with E-state index < -0.39 is 5.41 Å². The first-order chi connectivity index (χ1) is 6.02. The van der Waals surface area contributed by atoms with Crippen LogP contribution in [0.4, 0.5) is 0 Å². The van der Waals surface area contributed by atoms with Crippen LogP contribution in [0.2, 0.25) is 0 Å². The van der Waals surface area contributed by atoms with E-state index in [0.717, 1.165) is 5.69 Å². The summed E-state index contributed by atoms with van der Waals surface area (Å²) in [5, 5.41) is 0. The molecule has 1 aromatic rings. The molecular weight excluding hydrogens is 166 g/mol. The molecule has 0 saturated heterocycles. The van der Waals surface area contributed by atoms with Crippen molar-refractivity contribution in [1.29, 1.82) is 0 Å². The normalized spacial score (nSPS) is 11.2. The van der Waals surface area contributed by atoms with Gasteiger partial charge in [0.25, 0.3) is 0 Å². The molecule has 0 aliphatic carbocycles. The lowest BCUT2D eigenvalue weighted by atomic mass is 9.87. The number of carbonyl (C=O) groups excluding carboxylic acids is 1. The summed E-state index contributed by atoms with van der Waals surface area (Å²) in [6.07, 6.45) is 5.37. The van der Waals surface area contributed by atoms with Crippen molar-refractivity contribution in [2.24, 2.45) is 11.1 Å². The molecule has 1 rings (SSSR count). The zero-order valence-electron chi connectivity index (χ0n) is 7.82. The van der Waals surface area contributed by atoms with Crippen molar-refractivity contribution in [3.05, 3.63) is 24.3 Å². The van der Waals surface area contributed by atoms with E-state index in [1.165, 1.54) is 0 Å². The van der Waals surface area contributed by atoms with Crippen LogP contribution >= 0.6 is 0 Å². The van der Waals surface area contributed by atoms with Crippen LogP contribution in [-0.4, -0.2) is 15.9 Å². The molecule has 1 heterocycles. The first-order valence-corrected chi connectivity index (χ1v) is 4.07. The van der Waals surface area contributed by atoms with E-state index in [4.69, 9.17) is 5.73 Å². The van der Waals surface area contributed by atoms with Gasteiger partial charge in [-0.2, -0.15) is 0 Å². The predicted molar refractivity (Wildman–Crippen MR) is 48.7 cm³/mol. The number of nitrogens with two attached hydrogens (primary N) is 1. The minimum Gasteiger partial charge on any atom is -0.369 e. The third kappa shape index (κ3) is 2.50. The maximum absolute atomic E-state index is 11.0. The topological polar surface area (TPSA) is 68.9 Å². The van der Waals surface area contributed by atoms with Gasteiger partial charge < -0.3 is 5.73 Å². The van der Waals surface area contributed by atoms with E-state index in [2.05, 4.69) is 9.97 Å². The quantitative estimate of drug-likeness (QED) is 0.735. The maximum atomic E-state index is 11.0. The average molecular weight is 179 g/mol. The molecule has 0 unspecified atom stereocenters. The van der Waals surface area contributed by atoms with Crippen molar-refractivity contribution in [1.82, 2.24) is 9.97 Å². The van der Waals surface area contributed by atoms with Gasteiger partial charge in [0.15, 0.2) is 0 Å². The zero-order valence-corrected chi connectivity index (χ0v) is 7.82. The Kier molecular flexibility index (Phi) is 2.60. The van der Waals surface area contributed by atoms with Crippen LogP contribution in [0.25, 0.3) is 0 Å². The number of hydrogen-bond acceptors (Lipinski definition) is 3. The maximum Gasteiger partial charge on any atom is 0.223 e. The smallest absolute Gasteiger partial charge is 0.223 e. The summed E-state index contributed by atoms with van der Waals surface area (Å²) in [6, 6.07) is 0. The Balaban J connectivity index is 2.75. The van der Waals surface area contributed by atoms with Gasteiger partial charge in [-0.3, -0.25) is 14.8 Å². The van der Waals surface area contributed by atoms with E-state index in [9.17, 15) is 4.79 Å². The van der Waals surface area contributed by atoms with Crippen LogP contribution in [0.15, 0.2) is 18.6 Å². The number of aromatic nitrogens is 2. The fourth-order valence-corrected chi connectivity index (χ4v) is 0.961. The van der Waals surface area contributed by atoms with Gasteiger partial charge in [0.1, 0.15) is 0 Å². The average Bonchev–Trinajstić information content (AvgIpc) is 2.05. The van der Waals surface area contributed by atoms with Crippen molar-refractivity contribution >= 4 is 5.91 Å². The Bertz CT molecular complexity index is 295. The minimum atomic E-state index is -0.559. The second kappa shape index (κ2) is 3.51. The fraction of sp³-hybridized carbons (Fsp3) is 0.444. The largest absolute Gasteiger partial charge is 0.369 e. The van der Waals surface area contributed by atoms with Crippen molar-refractivity contribution in [2.45, 2.75) is 20.3 Å². The first-order valence-electron chi connectivity index (χ1n) is 4.07. The molecule has 1 amide bonds. The molecule has 0 aliphatic heterocycles. The molecule has 0 saturated carbocycles. The molecule has 2 N–H and O–H groups in total. The Morgan fingerprint density at radius 2 is 2.23 bits per heavy atom. The molecule has 0 atom stereocenters. The third-order valence-corrected chi connectivity index (χ3v) is 1.91. The molecule has 0 radical (unpaired) electrons. The van der Waals surface area contributed by atoms with Gasteiger partial charge in [0.05, 0.1) is 5.69 Å². The van der Waals surface area contributed by atoms with E-state index >= 15 is 0 Å². The SMILES string of the molecule is CC(C)(Cc1cnccn1)C(N)=O. The molecule has 0 fully saturated rings. The number of rotatable bonds is 3. The van der Waals surface area contributed by atoms with Gasteiger partial charge in [0, 0.05) is 30.4 Å². The van der Waals surface area contributed by atoms with E-state index in [0.29, 0.717) is 6.42 Å². The van der Waals surface area contributed by atoms with Gasteiger partial charge in [0.2, 0.25) is 5.91 Å². The van der Waals surface area contributed by atoms with Crippen LogP contribution < -0.4 is 5.73 Å². The van der Waals surface area contributed by atoms with Gasteiger partial charge in [-0.15, -0.1) is 0 Å². The van der Waals surface area contributed by atoms with Crippen molar-refractivity contribution in [3.8, 4) is 0 Å². The monoisotopic (exact) mass is 179 g/mol. The Morgan fingerprint density at radius 1 is 1.54 bits per heavy atom. The highest BCUT2D eigenvalue weighted by molar-refractivity contribution is 5.80. The van der Waals surface area contributed by atoms with E-state index in [1.54, 1.807) is 32.4 Å². The summed E-state index contributed by atoms with van der Waals surface area (Å²) >= 11 is 0. The number of carbonyl (C=O) groups is 1. The highest BCUT2D eigenvalue weighted by Gasteiger charge is 2.25. The summed E-state index contributed by atoms with van der Waals surface area (Å²) in [5.74, 6) is -0.321. The molecule has 70 valence electrons. The highest BCUT2D eigenvalue weighted by Crippen LogP contribution is 2.19. The van der Waals surface area contributed by atoms with E-state index in [1.807, 2.05) is 0 Å². The lowest BCUT2D eigenvalue weighted by Gasteiger charge is -2.18. The highest BCUT2D eigenvalue weighted by atomic mass is 16.1. The Morgan fingerprint density at radius 3 is 2.69 bits per heavy atom. The lowest BCUT2D eigenvalue weighted by molar-refractivity contribution is -0.125. The zero-order chi connectivity index (χ0) is 9.90. The van der Waals surface area contributed by atoms with Crippen LogP contribution in [0.5, 0.6) is 0 Å². The molecule has 4 nitrogen and oxygen atoms in total. The van der Waals surface area contributed by atoms with Gasteiger partial charge in [-0.25, -0.2) is 0 Å². The molecule has 1 aromatic heterocycles.